The molecule has 0 aliphatic carbocycles. The molecule has 0 saturated carbocycles. The third-order valence-electron chi connectivity index (χ3n) is 4.15. The van der Waals surface area contributed by atoms with Gasteiger partial charge in [-0.05, 0) is 60.5 Å². The van der Waals surface area contributed by atoms with E-state index in [-0.39, 0.29) is 11.9 Å². The molecule has 3 amide bonds. The molecule has 1 heterocycles. The number of urea groups is 1. The predicted octanol–water partition coefficient (Wildman–Crippen LogP) is 4.04. The van der Waals surface area contributed by atoms with E-state index in [1.54, 1.807) is 54.8 Å². The second kappa shape index (κ2) is 9.76. The molecule has 0 radical (unpaired) electrons. The van der Waals surface area contributed by atoms with Gasteiger partial charge in [-0.15, -0.1) is 0 Å². The lowest BCUT2D eigenvalue weighted by molar-refractivity contribution is -0.116. The van der Waals surface area contributed by atoms with Crippen LogP contribution in [0.2, 0.25) is 0 Å². The van der Waals surface area contributed by atoms with E-state index in [0.717, 1.165) is 5.56 Å². The lowest BCUT2D eigenvalue weighted by Crippen LogP contribution is -2.27. The Hall–Kier alpha value is -4.05. The number of rotatable bonds is 7. The number of amides is 3. The van der Waals surface area contributed by atoms with Crippen molar-refractivity contribution in [3.05, 3.63) is 83.8 Å². The molecule has 146 valence electrons. The van der Waals surface area contributed by atoms with Crippen molar-refractivity contribution in [2.45, 2.75) is 19.4 Å². The minimum atomic E-state index is -0.347. The van der Waals surface area contributed by atoms with Crippen LogP contribution in [-0.4, -0.2) is 11.9 Å². The number of benzene rings is 2. The van der Waals surface area contributed by atoms with Gasteiger partial charge in [-0.2, -0.15) is 5.26 Å². The summed E-state index contributed by atoms with van der Waals surface area (Å²) in [6.45, 7) is 0.298. The lowest BCUT2D eigenvalue weighted by Gasteiger charge is -2.09. The van der Waals surface area contributed by atoms with Crippen LogP contribution in [0.1, 0.15) is 23.3 Å². The van der Waals surface area contributed by atoms with E-state index in [9.17, 15) is 9.59 Å². The number of anilines is 2. The Labute approximate surface area is 168 Å². The van der Waals surface area contributed by atoms with Gasteiger partial charge in [0.15, 0.2) is 0 Å². The van der Waals surface area contributed by atoms with Gasteiger partial charge >= 0.3 is 6.03 Å². The summed E-state index contributed by atoms with van der Waals surface area (Å²) in [7, 11) is 0. The van der Waals surface area contributed by atoms with Gasteiger partial charge in [0.05, 0.1) is 24.4 Å². The first-order chi connectivity index (χ1) is 14.1. The zero-order chi connectivity index (χ0) is 20.5. The minimum absolute atomic E-state index is 0.105. The summed E-state index contributed by atoms with van der Waals surface area (Å²) < 4.78 is 5.15. The molecule has 1 aromatic heterocycles. The van der Waals surface area contributed by atoms with Crippen molar-refractivity contribution >= 4 is 23.3 Å². The predicted molar refractivity (Wildman–Crippen MR) is 109 cm³/mol. The molecule has 7 heteroatoms. The normalized spacial score (nSPS) is 10.0. The Kier molecular flexibility index (Phi) is 6.63. The monoisotopic (exact) mass is 388 g/mol. The van der Waals surface area contributed by atoms with Crippen molar-refractivity contribution in [1.29, 1.82) is 5.26 Å². The molecule has 0 saturated heterocycles. The maximum atomic E-state index is 12.1. The highest BCUT2D eigenvalue weighted by molar-refractivity contribution is 5.92. The lowest BCUT2D eigenvalue weighted by atomic mass is 10.1. The van der Waals surface area contributed by atoms with E-state index < -0.39 is 0 Å². The van der Waals surface area contributed by atoms with Crippen LogP contribution in [0.4, 0.5) is 16.2 Å². The van der Waals surface area contributed by atoms with Gasteiger partial charge < -0.3 is 20.4 Å². The molecule has 0 atom stereocenters. The zero-order valence-electron chi connectivity index (χ0n) is 15.6. The summed E-state index contributed by atoms with van der Waals surface area (Å²) in [5, 5.41) is 17.0. The largest absolute Gasteiger partial charge is 0.467 e. The number of carbonyl (C=O) groups excluding carboxylic acids is 2. The summed E-state index contributed by atoms with van der Waals surface area (Å²) >= 11 is 0. The number of aryl methyl sites for hydroxylation is 1. The van der Waals surface area contributed by atoms with Crippen molar-refractivity contribution in [3.63, 3.8) is 0 Å². The van der Waals surface area contributed by atoms with Gasteiger partial charge in [-0.25, -0.2) is 4.79 Å². The van der Waals surface area contributed by atoms with Gasteiger partial charge in [-0.3, -0.25) is 4.79 Å². The topological polar surface area (TPSA) is 107 Å². The van der Waals surface area contributed by atoms with Gasteiger partial charge in [0.25, 0.3) is 0 Å². The smallest absolute Gasteiger partial charge is 0.319 e. The number of carbonyl (C=O) groups is 2. The fourth-order valence-corrected chi connectivity index (χ4v) is 2.62. The zero-order valence-corrected chi connectivity index (χ0v) is 15.6. The second-order valence-electron chi connectivity index (χ2n) is 6.32. The van der Waals surface area contributed by atoms with E-state index in [2.05, 4.69) is 22.0 Å². The maximum Gasteiger partial charge on any atom is 0.319 e. The molecular formula is C22H20N4O3. The summed E-state index contributed by atoms with van der Waals surface area (Å²) in [6, 6.07) is 19.3. The fourth-order valence-electron chi connectivity index (χ4n) is 2.62. The molecule has 3 aromatic rings. The average Bonchev–Trinajstić information content (AvgIpc) is 3.26. The number of nitrogens with one attached hydrogen (secondary N) is 3. The van der Waals surface area contributed by atoms with Crippen molar-refractivity contribution in [2.75, 3.05) is 10.6 Å². The third kappa shape index (κ3) is 6.26. The number of furan rings is 1. The van der Waals surface area contributed by atoms with Crippen molar-refractivity contribution in [2.24, 2.45) is 0 Å². The highest BCUT2D eigenvalue weighted by atomic mass is 16.3. The molecule has 7 nitrogen and oxygen atoms in total. The summed E-state index contributed by atoms with van der Waals surface area (Å²) in [5.41, 5.74) is 2.86. The molecule has 0 fully saturated rings. The summed E-state index contributed by atoms with van der Waals surface area (Å²) in [5.74, 6) is 0.561. The van der Waals surface area contributed by atoms with E-state index >= 15 is 0 Å². The number of nitriles is 1. The molecular weight excluding hydrogens is 368 g/mol. The molecule has 0 aliphatic rings. The first-order valence-electron chi connectivity index (χ1n) is 9.08. The molecule has 0 aliphatic heterocycles. The van der Waals surface area contributed by atoms with Crippen LogP contribution in [0.15, 0.2) is 71.3 Å². The standard InChI is InChI=1S/C22H20N4O3/c23-14-17-5-3-16(4-6-17)7-12-21(27)25-18-8-10-19(11-9-18)26-22(28)24-15-20-2-1-13-29-20/h1-6,8-11,13H,7,12,15H2,(H,25,27)(H2,24,26,28). The van der Waals surface area contributed by atoms with Gasteiger partial charge in [0.1, 0.15) is 5.76 Å². The highest BCUT2D eigenvalue weighted by Crippen LogP contribution is 2.14. The fraction of sp³-hybridized carbons (Fsp3) is 0.136. The third-order valence-corrected chi connectivity index (χ3v) is 4.15. The van der Waals surface area contributed by atoms with E-state index in [1.807, 2.05) is 12.1 Å². The van der Waals surface area contributed by atoms with Crippen LogP contribution < -0.4 is 16.0 Å². The Bertz CT molecular complexity index is 988. The molecule has 29 heavy (non-hydrogen) atoms. The minimum Gasteiger partial charge on any atom is -0.467 e. The van der Waals surface area contributed by atoms with Gasteiger partial charge in [0.2, 0.25) is 5.91 Å². The Morgan fingerprint density at radius 2 is 1.62 bits per heavy atom. The number of nitrogens with zero attached hydrogens (tertiary/aromatic N) is 1. The molecule has 2 aromatic carbocycles. The number of hydrogen-bond donors (Lipinski definition) is 3. The number of hydrogen-bond acceptors (Lipinski definition) is 4. The first kappa shape index (κ1) is 19.7. The van der Waals surface area contributed by atoms with Crippen molar-refractivity contribution < 1.29 is 14.0 Å². The highest BCUT2D eigenvalue weighted by Gasteiger charge is 2.06. The SMILES string of the molecule is N#Cc1ccc(CCC(=O)Nc2ccc(NC(=O)NCc3ccco3)cc2)cc1. The Morgan fingerprint density at radius 3 is 2.24 bits per heavy atom. The van der Waals surface area contributed by atoms with Crippen LogP contribution in [0.25, 0.3) is 0 Å². The van der Waals surface area contributed by atoms with Gasteiger partial charge in [-0.1, -0.05) is 12.1 Å². The van der Waals surface area contributed by atoms with E-state index in [1.165, 1.54) is 0 Å². The Balaban J connectivity index is 1.42. The van der Waals surface area contributed by atoms with Crippen molar-refractivity contribution in [1.82, 2.24) is 5.32 Å². The van der Waals surface area contributed by atoms with Crippen LogP contribution in [0.5, 0.6) is 0 Å². The van der Waals surface area contributed by atoms with Crippen LogP contribution in [0.3, 0.4) is 0 Å². The maximum absolute atomic E-state index is 12.1. The summed E-state index contributed by atoms with van der Waals surface area (Å²) in [4.78, 5) is 24.0. The molecule has 3 N–H and O–H groups in total. The Morgan fingerprint density at radius 1 is 0.931 bits per heavy atom. The van der Waals surface area contributed by atoms with Crippen LogP contribution >= 0.6 is 0 Å². The van der Waals surface area contributed by atoms with Gasteiger partial charge in [0, 0.05) is 17.8 Å². The second-order valence-corrected chi connectivity index (χ2v) is 6.32. The average molecular weight is 388 g/mol. The first-order valence-corrected chi connectivity index (χ1v) is 9.08. The quantitative estimate of drug-likeness (QED) is 0.568. The molecule has 3 rings (SSSR count). The molecule has 0 spiro atoms. The van der Waals surface area contributed by atoms with Crippen LogP contribution in [0, 0.1) is 11.3 Å². The summed E-state index contributed by atoms with van der Waals surface area (Å²) in [6.07, 6.45) is 2.47. The van der Waals surface area contributed by atoms with E-state index in [0.29, 0.717) is 42.1 Å². The van der Waals surface area contributed by atoms with E-state index in [4.69, 9.17) is 9.68 Å². The molecule has 0 unspecified atom stereocenters. The van der Waals surface area contributed by atoms with Crippen molar-refractivity contribution in [3.8, 4) is 6.07 Å². The van der Waals surface area contributed by atoms with Crippen LogP contribution in [-0.2, 0) is 17.8 Å². The molecule has 0 bridgehead atoms.